The summed E-state index contributed by atoms with van der Waals surface area (Å²) in [6.07, 6.45) is 1.08. The Morgan fingerprint density at radius 2 is 2.04 bits per heavy atom. The lowest BCUT2D eigenvalue weighted by molar-refractivity contribution is 0.0939. The van der Waals surface area contributed by atoms with Gasteiger partial charge in [-0.25, -0.2) is 4.98 Å². The number of aryl methyl sites for hydroxylation is 1. The Labute approximate surface area is 168 Å². The molecule has 1 unspecified atom stereocenters. The van der Waals surface area contributed by atoms with Crippen LogP contribution in [0.3, 0.4) is 0 Å². The average molecular weight is 394 g/mol. The molecular formula is C21H35N3O2S. The number of aromatic nitrogens is 1. The summed E-state index contributed by atoms with van der Waals surface area (Å²) < 4.78 is 5.44. The lowest BCUT2D eigenvalue weighted by atomic mass is 9.85. The summed E-state index contributed by atoms with van der Waals surface area (Å²) in [4.78, 5) is 20.0. The average Bonchev–Trinajstić information content (AvgIpc) is 2.59. The van der Waals surface area contributed by atoms with E-state index in [0.29, 0.717) is 12.5 Å². The number of nitrogens with zero attached hydrogens (tertiary/aromatic N) is 2. The predicted octanol–water partition coefficient (Wildman–Crippen LogP) is 4.14. The molecule has 5 nitrogen and oxygen atoms in total. The predicted molar refractivity (Wildman–Crippen MR) is 114 cm³/mol. The smallest absolute Gasteiger partial charge is 0.254 e. The molecule has 152 valence electrons. The van der Waals surface area contributed by atoms with Crippen molar-refractivity contribution in [2.24, 2.45) is 11.3 Å². The number of morpholine rings is 1. The zero-order valence-electron chi connectivity index (χ0n) is 17.7. The van der Waals surface area contributed by atoms with E-state index >= 15 is 0 Å². The van der Waals surface area contributed by atoms with Gasteiger partial charge in [0.15, 0.2) is 0 Å². The van der Waals surface area contributed by atoms with Crippen molar-refractivity contribution in [3.63, 3.8) is 0 Å². The van der Waals surface area contributed by atoms with Crippen molar-refractivity contribution in [3.05, 3.63) is 17.2 Å². The maximum Gasteiger partial charge on any atom is 0.254 e. The fourth-order valence-corrected chi connectivity index (χ4v) is 4.40. The van der Waals surface area contributed by atoms with E-state index in [-0.39, 0.29) is 11.3 Å². The van der Waals surface area contributed by atoms with Gasteiger partial charge in [0.1, 0.15) is 10.8 Å². The standard InChI is InChI=1S/C21H35N3O2S/c1-7-27-20-18(19(25)22-14-15(2)13-21(4,5)6)16(3)12-17(23-20)24-8-10-26-11-9-24/h12,15H,7-11,13-14H2,1-6H3,(H,22,25). The Hall–Kier alpha value is -1.27. The third-order valence-electron chi connectivity index (χ3n) is 4.59. The molecule has 1 saturated heterocycles. The van der Waals surface area contributed by atoms with E-state index in [4.69, 9.17) is 9.72 Å². The van der Waals surface area contributed by atoms with Crippen molar-refractivity contribution in [2.45, 2.75) is 53.0 Å². The Morgan fingerprint density at radius 1 is 1.37 bits per heavy atom. The highest BCUT2D eigenvalue weighted by atomic mass is 32.2. The SMILES string of the molecule is CCSc1nc(N2CCOCC2)cc(C)c1C(=O)NCC(C)CC(C)(C)C. The van der Waals surface area contributed by atoms with Gasteiger partial charge in [0.25, 0.3) is 5.91 Å². The van der Waals surface area contributed by atoms with Gasteiger partial charge in [0.05, 0.1) is 18.8 Å². The highest BCUT2D eigenvalue weighted by molar-refractivity contribution is 7.99. The van der Waals surface area contributed by atoms with Crippen LogP contribution < -0.4 is 10.2 Å². The molecule has 0 saturated carbocycles. The molecule has 1 atom stereocenters. The molecule has 1 aromatic heterocycles. The minimum absolute atomic E-state index is 0.00904. The van der Waals surface area contributed by atoms with Crippen molar-refractivity contribution < 1.29 is 9.53 Å². The minimum Gasteiger partial charge on any atom is -0.378 e. The van der Waals surface area contributed by atoms with Crippen LogP contribution >= 0.6 is 11.8 Å². The summed E-state index contributed by atoms with van der Waals surface area (Å²) in [5.41, 5.74) is 1.98. The van der Waals surface area contributed by atoms with E-state index in [1.807, 2.05) is 13.0 Å². The van der Waals surface area contributed by atoms with Gasteiger partial charge < -0.3 is 15.0 Å². The molecule has 1 fully saturated rings. The Balaban J connectivity index is 2.15. The largest absolute Gasteiger partial charge is 0.378 e. The number of carbonyl (C=O) groups excluding carboxylic acids is 1. The van der Waals surface area contributed by atoms with E-state index in [1.165, 1.54) is 0 Å². The van der Waals surface area contributed by atoms with Crippen LogP contribution in [0.5, 0.6) is 0 Å². The highest BCUT2D eigenvalue weighted by Gasteiger charge is 2.22. The van der Waals surface area contributed by atoms with Crippen LogP contribution in [-0.4, -0.2) is 49.5 Å². The molecule has 2 rings (SSSR count). The van der Waals surface area contributed by atoms with Crippen molar-refractivity contribution in [1.82, 2.24) is 10.3 Å². The summed E-state index contributed by atoms with van der Waals surface area (Å²) >= 11 is 1.64. The van der Waals surface area contributed by atoms with Crippen LogP contribution in [0.2, 0.25) is 0 Å². The first-order valence-corrected chi connectivity index (χ1v) is 10.9. The molecule has 0 bridgehead atoms. The van der Waals surface area contributed by atoms with Crippen molar-refractivity contribution in [2.75, 3.05) is 43.5 Å². The van der Waals surface area contributed by atoms with E-state index < -0.39 is 0 Å². The Morgan fingerprint density at radius 3 is 2.63 bits per heavy atom. The van der Waals surface area contributed by atoms with Crippen LogP contribution in [0.15, 0.2) is 11.1 Å². The van der Waals surface area contributed by atoms with Crippen molar-refractivity contribution in [1.29, 1.82) is 0 Å². The number of hydrogen-bond acceptors (Lipinski definition) is 5. The molecule has 0 aromatic carbocycles. The molecule has 6 heteroatoms. The lowest BCUT2D eigenvalue weighted by Crippen LogP contribution is -2.37. The minimum atomic E-state index is -0.00904. The third kappa shape index (κ3) is 6.68. The zero-order valence-corrected chi connectivity index (χ0v) is 18.5. The second-order valence-electron chi connectivity index (χ2n) is 8.59. The van der Waals surface area contributed by atoms with Crippen LogP contribution in [0, 0.1) is 18.3 Å². The van der Waals surface area contributed by atoms with Gasteiger partial charge in [-0.15, -0.1) is 11.8 Å². The van der Waals surface area contributed by atoms with E-state index in [0.717, 1.165) is 60.4 Å². The van der Waals surface area contributed by atoms with Gasteiger partial charge in [-0.2, -0.15) is 0 Å². The molecule has 2 heterocycles. The van der Waals surface area contributed by atoms with Crippen LogP contribution in [0.25, 0.3) is 0 Å². The third-order valence-corrected chi connectivity index (χ3v) is 5.44. The lowest BCUT2D eigenvalue weighted by Gasteiger charge is -2.29. The van der Waals surface area contributed by atoms with Gasteiger partial charge in [-0.1, -0.05) is 34.6 Å². The quantitative estimate of drug-likeness (QED) is 0.706. The zero-order chi connectivity index (χ0) is 20.0. The van der Waals surface area contributed by atoms with Gasteiger partial charge in [0.2, 0.25) is 0 Å². The van der Waals surface area contributed by atoms with Crippen LogP contribution in [-0.2, 0) is 4.74 Å². The highest BCUT2D eigenvalue weighted by Crippen LogP contribution is 2.28. The number of rotatable bonds is 7. The first-order valence-electron chi connectivity index (χ1n) is 9.96. The second kappa shape index (κ2) is 9.78. The molecule has 27 heavy (non-hydrogen) atoms. The molecule has 0 aliphatic carbocycles. The fourth-order valence-electron chi connectivity index (χ4n) is 3.57. The first-order chi connectivity index (χ1) is 12.7. The number of carbonyl (C=O) groups is 1. The van der Waals surface area contributed by atoms with Gasteiger partial charge in [0, 0.05) is 19.6 Å². The monoisotopic (exact) mass is 393 g/mol. The molecular weight excluding hydrogens is 358 g/mol. The Bertz CT molecular complexity index is 637. The van der Waals surface area contributed by atoms with Crippen molar-refractivity contribution >= 4 is 23.5 Å². The molecule has 0 spiro atoms. The summed E-state index contributed by atoms with van der Waals surface area (Å²) in [6.45, 7) is 16.8. The number of amides is 1. The maximum atomic E-state index is 12.9. The number of hydrogen-bond donors (Lipinski definition) is 1. The number of ether oxygens (including phenoxy) is 1. The topological polar surface area (TPSA) is 54.5 Å². The van der Waals surface area contributed by atoms with Gasteiger partial charge in [-0.05, 0) is 42.1 Å². The number of anilines is 1. The molecule has 1 aliphatic heterocycles. The number of nitrogens with one attached hydrogen (secondary N) is 1. The summed E-state index contributed by atoms with van der Waals surface area (Å²) in [5.74, 6) is 2.27. The van der Waals surface area contributed by atoms with Gasteiger partial charge >= 0.3 is 0 Å². The molecule has 1 aromatic rings. The molecule has 1 aliphatic rings. The number of thioether (sulfide) groups is 1. The van der Waals surface area contributed by atoms with E-state index in [2.05, 4.69) is 44.8 Å². The second-order valence-corrected chi connectivity index (χ2v) is 9.84. The van der Waals surface area contributed by atoms with Crippen molar-refractivity contribution in [3.8, 4) is 0 Å². The fraction of sp³-hybridized carbons (Fsp3) is 0.714. The van der Waals surface area contributed by atoms with Crippen LogP contribution in [0.1, 0.15) is 57.0 Å². The summed E-state index contributed by atoms with van der Waals surface area (Å²) in [6, 6.07) is 2.04. The maximum absolute atomic E-state index is 12.9. The normalized spacial score (nSPS) is 16.3. The first kappa shape index (κ1) is 22.0. The molecule has 1 amide bonds. The van der Waals surface area contributed by atoms with E-state index in [9.17, 15) is 4.79 Å². The summed E-state index contributed by atoms with van der Waals surface area (Å²) in [5, 5.41) is 3.97. The number of pyridine rings is 1. The molecule has 1 N–H and O–H groups in total. The Kier molecular flexibility index (Phi) is 7.98. The van der Waals surface area contributed by atoms with E-state index in [1.54, 1.807) is 11.8 Å². The van der Waals surface area contributed by atoms with Gasteiger partial charge in [-0.3, -0.25) is 4.79 Å². The van der Waals surface area contributed by atoms with Crippen LogP contribution in [0.4, 0.5) is 5.82 Å². The molecule has 0 radical (unpaired) electrons. The summed E-state index contributed by atoms with van der Waals surface area (Å²) in [7, 11) is 0.